The molecule has 2 aliphatic rings. The SMILES string of the molecule is N[C@@H]1CCCC[C@H]1NC1=CCNC1. The summed E-state index contributed by atoms with van der Waals surface area (Å²) >= 11 is 0. The summed E-state index contributed by atoms with van der Waals surface area (Å²) in [7, 11) is 0. The van der Waals surface area contributed by atoms with Crippen molar-refractivity contribution in [2.75, 3.05) is 13.1 Å². The monoisotopic (exact) mass is 181 g/mol. The van der Waals surface area contributed by atoms with E-state index in [4.69, 9.17) is 5.73 Å². The van der Waals surface area contributed by atoms with Gasteiger partial charge in [0.2, 0.25) is 0 Å². The Labute approximate surface area is 79.8 Å². The minimum atomic E-state index is 0.357. The molecular formula is C10H19N3. The van der Waals surface area contributed by atoms with Gasteiger partial charge in [0.25, 0.3) is 0 Å². The molecular weight excluding hydrogens is 162 g/mol. The largest absolute Gasteiger partial charge is 0.383 e. The van der Waals surface area contributed by atoms with Crippen molar-refractivity contribution >= 4 is 0 Å². The molecule has 4 N–H and O–H groups in total. The van der Waals surface area contributed by atoms with Crippen LogP contribution in [0.4, 0.5) is 0 Å². The Kier molecular flexibility index (Phi) is 2.86. The highest BCUT2D eigenvalue weighted by Gasteiger charge is 2.22. The summed E-state index contributed by atoms with van der Waals surface area (Å²) in [6.45, 7) is 1.99. The van der Waals surface area contributed by atoms with E-state index in [0.717, 1.165) is 13.1 Å². The first-order valence-corrected chi connectivity index (χ1v) is 5.28. The third kappa shape index (κ3) is 2.23. The maximum absolute atomic E-state index is 6.05. The van der Waals surface area contributed by atoms with Crippen molar-refractivity contribution in [1.82, 2.24) is 10.6 Å². The molecule has 1 aliphatic carbocycles. The second-order valence-electron chi connectivity index (χ2n) is 4.06. The number of hydrogen-bond acceptors (Lipinski definition) is 3. The van der Waals surface area contributed by atoms with Crippen molar-refractivity contribution in [3.05, 3.63) is 11.8 Å². The molecule has 0 aromatic heterocycles. The lowest BCUT2D eigenvalue weighted by atomic mass is 9.91. The van der Waals surface area contributed by atoms with Gasteiger partial charge in [-0.3, -0.25) is 0 Å². The first-order valence-electron chi connectivity index (χ1n) is 5.28. The number of rotatable bonds is 2. The third-order valence-electron chi connectivity index (χ3n) is 3.00. The topological polar surface area (TPSA) is 50.1 Å². The van der Waals surface area contributed by atoms with E-state index < -0.39 is 0 Å². The summed E-state index contributed by atoms with van der Waals surface area (Å²) < 4.78 is 0. The van der Waals surface area contributed by atoms with Crippen LogP contribution in [0.2, 0.25) is 0 Å². The van der Waals surface area contributed by atoms with Crippen LogP contribution in [0, 0.1) is 0 Å². The average molecular weight is 181 g/mol. The molecule has 1 saturated carbocycles. The normalized spacial score (nSPS) is 34.4. The molecule has 2 rings (SSSR count). The molecule has 1 fully saturated rings. The van der Waals surface area contributed by atoms with E-state index in [0.29, 0.717) is 12.1 Å². The zero-order valence-electron chi connectivity index (χ0n) is 8.05. The quantitative estimate of drug-likeness (QED) is 0.575. The lowest BCUT2D eigenvalue weighted by Gasteiger charge is -2.30. The van der Waals surface area contributed by atoms with Gasteiger partial charge in [-0.05, 0) is 12.8 Å². The second-order valence-corrected chi connectivity index (χ2v) is 4.06. The molecule has 0 saturated heterocycles. The van der Waals surface area contributed by atoms with Crippen LogP contribution in [0.5, 0.6) is 0 Å². The first kappa shape index (κ1) is 9.03. The van der Waals surface area contributed by atoms with Gasteiger partial charge in [-0.2, -0.15) is 0 Å². The fraction of sp³-hybridized carbons (Fsp3) is 0.800. The lowest BCUT2D eigenvalue weighted by Crippen LogP contribution is -2.47. The van der Waals surface area contributed by atoms with Crippen LogP contribution in [-0.4, -0.2) is 25.2 Å². The Balaban J connectivity index is 1.85. The molecule has 0 aromatic rings. The summed E-state index contributed by atoms with van der Waals surface area (Å²) in [6, 6.07) is 0.871. The highest BCUT2D eigenvalue weighted by atomic mass is 15.0. The van der Waals surface area contributed by atoms with Crippen LogP contribution in [0.15, 0.2) is 11.8 Å². The molecule has 0 aromatic carbocycles. The molecule has 1 aliphatic heterocycles. The maximum Gasteiger partial charge on any atom is 0.0409 e. The lowest BCUT2D eigenvalue weighted by molar-refractivity contribution is 0.345. The molecule has 13 heavy (non-hydrogen) atoms. The van der Waals surface area contributed by atoms with E-state index in [1.165, 1.54) is 31.4 Å². The van der Waals surface area contributed by atoms with Gasteiger partial charge in [-0.1, -0.05) is 18.9 Å². The van der Waals surface area contributed by atoms with Gasteiger partial charge in [-0.15, -0.1) is 0 Å². The van der Waals surface area contributed by atoms with Crippen molar-refractivity contribution in [3.8, 4) is 0 Å². The summed E-state index contributed by atoms with van der Waals surface area (Å²) in [5.41, 5.74) is 7.38. The Morgan fingerprint density at radius 3 is 2.92 bits per heavy atom. The first-order chi connectivity index (χ1) is 6.36. The fourth-order valence-electron chi connectivity index (χ4n) is 2.16. The van der Waals surface area contributed by atoms with E-state index in [2.05, 4.69) is 16.7 Å². The van der Waals surface area contributed by atoms with Crippen molar-refractivity contribution in [2.45, 2.75) is 37.8 Å². The summed E-state index contributed by atoms with van der Waals surface area (Å²) in [6.07, 6.45) is 7.26. The summed E-state index contributed by atoms with van der Waals surface area (Å²) in [5, 5.41) is 6.82. The molecule has 74 valence electrons. The van der Waals surface area contributed by atoms with Crippen molar-refractivity contribution in [1.29, 1.82) is 0 Å². The Bertz CT molecular complexity index is 200. The third-order valence-corrected chi connectivity index (χ3v) is 3.00. The van der Waals surface area contributed by atoms with E-state index in [-0.39, 0.29) is 0 Å². The van der Waals surface area contributed by atoms with Crippen LogP contribution in [0.3, 0.4) is 0 Å². The number of hydrogen-bond donors (Lipinski definition) is 3. The average Bonchev–Trinajstić information content (AvgIpc) is 2.61. The second kappa shape index (κ2) is 4.11. The highest BCUT2D eigenvalue weighted by molar-refractivity contribution is 5.10. The van der Waals surface area contributed by atoms with Gasteiger partial charge in [0.05, 0.1) is 0 Å². The van der Waals surface area contributed by atoms with Crippen LogP contribution in [0.1, 0.15) is 25.7 Å². The van der Waals surface area contributed by atoms with Gasteiger partial charge < -0.3 is 16.4 Å². The Hall–Kier alpha value is -0.540. The van der Waals surface area contributed by atoms with Crippen molar-refractivity contribution in [2.24, 2.45) is 5.73 Å². The fourth-order valence-corrected chi connectivity index (χ4v) is 2.16. The van der Waals surface area contributed by atoms with Crippen LogP contribution in [-0.2, 0) is 0 Å². The number of nitrogens with two attached hydrogens (primary N) is 1. The van der Waals surface area contributed by atoms with Gasteiger partial charge in [0.1, 0.15) is 0 Å². The molecule has 2 atom stereocenters. The molecule has 0 amide bonds. The maximum atomic E-state index is 6.05. The molecule has 3 nitrogen and oxygen atoms in total. The molecule has 1 heterocycles. The van der Waals surface area contributed by atoms with Gasteiger partial charge >= 0.3 is 0 Å². The van der Waals surface area contributed by atoms with Gasteiger partial charge in [0.15, 0.2) is 0 Å². The zero-order chi connectivity index (χ0) is 9.10. The molecule has 0 spiro atoms. The standard InChI is InChI=1S/C10H19N3/c11-9-3-1-2-4-10(9)13-8-5-6-12-7-8/h5,9-10,12-13H,1-4,6-7,11H2/t9-,10-/m1/s1. The van der Waals surface area contributed by atoms with Crippen molar-refractivity contribution in [3.63, 3.8) is 0 Å². The molecule has 0 bridgehead atoms. The van der Waals surface area contributed by atoms with E-state index in [9.17, 15) is 0 Å². The van der Waals surface area contributed by atoms with Gasteiger partial charge in [-0.25, -0.2) is 0 Å². The van der Waals surface area contributed by atoms with E-state index in [1.54, 1.807) is 0 Å². The van der Waals surface area contributed by atoms with Crippen LogP contribution < -0.4 is 16.4 Å². The smallest absolute Gasteiger partial charge is 0.0409 e. The predicted octanol–water partition coefficient (Wildman–Crippen LogP) is 0.333. The molecule has 3 heteroatoms. The van der Waals surface area contributed by atoms with E-state index in [1.807, 2.05) is 0 Å². The highest BCUT2D eigenvalue weighted by Crippen LogP contribution is 2.17. The van der Waals surface area contributed by atoms with Crippen molar-refractivity contribution < 1.29 is 0 Å². The Morgan fingerprint density at radius 1 is 1.38 bits per heavy atom. The minimum absolute atomic E-state index is 0.357. The van der Waals surface area contributed by atoms with E-state index >= 15 is 0 Å². The molecule has 0 radical (unpaired) electrons. The summed E-state index contributed by atoms with van der Waals surface area (Å²) in [4.78, 5) is 0. The minimum Gasteiger partial charge on any atom is -0.383 e. The number of nitrogens with one attached hydrogen (secondary N) is 2. The summed E-state index contributed by atoms with van der Waals surface area (Å²) in [5.74, 6) is 0. The van der Waals surface area contributed by atoms with Crippen LogP contribution >= 0.6 is 0 Å². The van der Waals surface area contributed by atoms with Crippen LogP contribution in [0.25, 0.3) is 0 Å². The molecule has 0 unspecified atom stereocenters. The zero-order valence-corrected chi connectivity index (χ0v) is 8.05. The Morgan fingerprint density at radius 2 is 2.23 bits per heavy atom. The van der Waals surface area contributed by atoms with Gasteiger partial charge in [0, 0.05) is 30.9 Å². The predicted molar refractivity (Wildman–Crippen MR) is 54.3 cm³/mol.